The minimum absolute atomic E-state index is 0.0541. The summed E-state index contributed by atoms with van der Waals surface area (Å²) in [6, 6.07) is 22.7. The summed E-state index contributed by atoms with van der Waals surface area (Å²) in [5.74, 6) is -1.95. The highest BCUT2D eigenvalue weighted by Crippen LogP contribution is 2.51. The number of fused-ring (bicyclic) bond motifs is 3. The smallest absolute Gasteiger partial charge is 0.496 e. The zero-order chi connectivity index (χ0) is 30.8. The van der Waals surface area contributed by atoms with Crippen LogP contribution in [0.25, 0.3) is 11.1 Å². The Morgan fingerprint density at radius 2 is 1.42 bits per heavy atom. The summed E-state index contributed by atoms with van der Waals surface area (Å²) in [7, 11) is -4.73. The van der Waals surface area contributed by atoms with Gasteiger partial charge in [-0.05, 0) is 39.9 Å². The van der Waals surface area contributed by atoms with Gasteiger partial charge in [0.05, 0.1) is 38.2 Å². The van der Waals surface area contributed by atoms with Crippen LogP contribution in [-0.4, -0.2) is 53.2 Å². The van der Waals surface area contributed by atoms with Crippen LogP contribution in [0.15, 0.2) is 72.8 Å². The molecule has 3 aromatic rings. The summed E-state index contributed by atoms with van der Waals surface area (Å²) in [5.41, 5.74) is 4.17. The maximum absolute atomic E-state index is 13.6. The number of hydrogen-bond acceptors (Lipinski definition) is 10. The number of carboxylic acid groups (broad SMARTS) is 1. The fourth-order valence-electron chi connectivity index (χ4n) is 4.60. The number of phosphoric ester groups is 1. The van der Waals surface area contributed by atoms with Gasteiger partial charge in [-0.2, -0.15) is 20.2 Å². The number of carbonyl (C=O) groups is 2. The third-order valence-corrected chi connectivity index (χ3v) is 7.94. The van der Waals surface area contributed by atoms with E-state index in [9.17, 15) is 24.4 Å². The molecule has 0 fully saturated rings. The first-order chi connectivity index (χ1) is 20.8. The quantitative estimate of drug-likeness (QED) is 0.134. The number of hydroxylamine groups is 2. The van der Waals surface area contributed by atoms with Gasteiger partial charge in [-0.1, -0.05) is 60.7 Å². The molecule has 0 radical (unpaired) electrons. The van der Waals surface area contributed by atoms with E-state index in [2.05, 4.69) is 0 Å². The number of aromatic hydroxyl groups is 1. The second-order valence-corrected chi connectivity index (χ2v) is 10.9. The van der Waals surface area contributed by atoms with Crippen molar-refractivity contribution in [3.63, 3.8) is 0 Å². The number of carboxylic acids is 1. The molecule has 43 heavy (non-hydrogen) atoms. The van der Waals surface area contributed by atoms with Crippen molar-refractivity contribution in [3.8, 4) is 29.0 Å². The number of phenols is 1. The van der Waals surface area contributed by atoms with E-state index in [1.807, 2.05) is 48.5 Å². The van der Waals surface area contributed by atoms with Crippen LogP contribution < -0.4 is 0 Å². The highest BCUT2D eigenvalue weighted by Gasteiger charge is 2.41. The molecule has 1 aliphatic carbocycles. The molecule has 0 saturated carbocycles. The van der Waals surface area contributed by atoms with E-state index in [0.717, 1.165) is 22.3 Å². The van der Waals surface area contributed by atoms with Crippen LogP contribution in [0.1, 0.15) is 35.4 Å². The fourth-order valence-corrected chi connectivity index (χ4v) is 5.79. The van der Waals surface area contributed by atoms with E-state index in [1.54, 1.807) is 12.1 Å². The van der Waals surface area contributed by atoms with Crippen molar-refractivity contribution in [2.45, 2.75) is 31.2 Å². The van der Waals surface area contributed by atoms with Crippen LogP contribution in [0.5, 0.6) is 5.75 Å². The van der Waals surface area contributed by atoms with Crippen LogP contribution in [0.2, 0.25) is 0 Å². The molecule has 1 atom stereocenters. The Morgan fingerprint density at radius 3 is 1.93 bits per heavy atom. The van der Waals surface area contributed by atoms with Gasteiger partial charge in [0.15, 0.2) is 6.04 Å². The highest BCUT2D eigenvalue weighted by atomic mass is 31.2. The van der Waals surface area contributed by atoms with Crippen LogP contribution in [-0.2, 0) is 34.2 Å². The molecule has 0 aliphatic heterocycles. The average molecular weight is 606 g/mol. The van der Waals surface area contributed by atoms with Crippen molar-refractivity contribution in [1.29, 1.82) is 10.5 Å². The predicted octanol–water partition coefficient (Wildman–Crippen LogP) is 5.54. The van der Waals surface area contributed by atoms with Gasteiger partial charge in [-0.25, -0.2) is 14.2 Å². The Balaban J connectivity index is 1.63. The molecule has 1 amide bonds. The summed E-state index contributed by atoms with van der Waals surface area (Å²) in [5, 5.41) is 37.8. The molecule has 0 saturated heterocycles. The number of benzene rings is 3. The Morgan fingerprint density at radius 1 is 0.884 bits per heavy atom. The number of amides is 1. The molecular formula is C30H28N3O9P. The number of rotatable bonds is 14. The number of carbonyl (C=O) groups excluding carboxylic acids is 1. The van der Waals surface area contributed by atoms with E-state index in [-0.39, 0.29) is 37.5 Å². The van der Waals surface area contributed by atoms with Crippen LogP contribution in [0.4, 0.5) is 4.79 Å². The maximum Gasteiger partial charge on any atom is 0.496 e. The lowest BCUT2D eigenvalue weighted by Gasteiger charge is -2.30. The lowest BCUT2D eigenvalue weighted by molar-refractivity contribution is -0.159. The molecule has 0 heterocycles. The van der Waals surface area contributed by atoms with Gasteiger partial charge in [0, 0.05) is 12.3 Å². The summed E-state index contributed by atoms with van der Waals surface area (Å²) >= 11 is 0. The Bertz CT molecular complexity index is 1510. The average Bonchev–Trinajstić information content (AvgIpc) is 3.32. The zero-order valence-corrected chi connectivity index (χ0v) is 23.8. The Hall–Kier alpha value is -4.71. The van der Waals surface area contributed by atoms with E-state index in [1.165, 1.54) is 24.3 Å². The largest absolute Gasteiger partial charge is 0.508 e. The lowest BCUT2D eigenvalue weighted by Crippen LogP contribution is -2.46. The van der Waals surface area contributed by atoms with Crippen molar-refractivity contribution >= 4 is 19.9 Å². The minimum Gasteiger partial charge on any atom is -0.508 e. The van der Waals surface area contributed by atoms with E-state index >= 15 is 0 Å². The van der Waals surface area contributed by atoms with Gasteiger partial charge >= 0.3 is 19.9 Å². The molecule has 0 aromatic heterocycles. The molecule has 0 bridgehead atoms. The van der Waals surface area contributed by atoms with Crippen LogP contribution in [0.3, 0.4) is 0 Å². The third-order valence-electron chi connectivity index (χ3n) is 6.56. The number of phenolic OH excluding ortho intramolecular Hbond substituents is 1. The van der Waals surface area contributed by atoms with E-state index in [0.29, 0.717) is 10.6 Å². The maximum atomic E-state index is 13.6. The molecule has 222 valence electrons. The summed E-state index contributed by atoms with van der Waals surface area (Å²) < 4.78 is 34.9. The molecule has 0 unspecified atom stereocenters. The summed E-state index contributed by atoms with van der Waals surface area (Å²) in [6.07, 6.45) is -2.04. The number of nitrogens with zero attached hydrogens (tertiary/aromatic N) is 3. The number of ether oxygens (including phenoxy) is 1. The second kappa shape index (κ2) is 14.5. The number of hydrogen-bond donors (Lipinski definition) is 2. The van der Waals surface area contributed by atoms with Crippen LogP contribution in [0, 0.1) is 22.7 Å². The van der Waals surface area contributed by atoms with Gasteiger partial charge in [0.2, 0.25) is 0 Å². The third kappa shape index (κ3) is 7.77. The Labute approximate surface area is 247 Å². The first-order valence-corrected chi connectivity index (χ1v) is 14.7. The molecule has 13 heteroatoms. The Kier molecular flexibility index (Phi) is 10.5. The SMILES string of the molecule is N#CCCOP(=O)(OCCC#N)ON(C(=O)OCC1c2ccccc2-c2ccccc21)[C@@H](Cc1ccc(O)cc1)C(=O)O. The van der Waals surface area contributed by atoms with Crippen molar-refractivity contribution in [2.24, 2.45) is 0 Å². The highest BCUT2D eigenvalue weighted by molar-refractivity contribution is 7.48. The van der Waals surface area contributed by atoms with Gasteiger partial charge in [0.25, 0.3) is 0 Å². The number of aliphatic carboxylic acids is 1. The molecule has 1 aliphatic rings. The van der Waals surface area contributed by atoms with Gasteiger partial charge in [0.1, 0.15) is 12.4 Å². The van der Waals surface area contributed by atoms with Crippen LogP contribution >= 0.6 is 7.82 Å². The van der Waals surface area contributed by atoms with Crippen molar-refractivity contribution < 1.29 is 42.8 Å². The van der Waals surface area contributed by atoms with Crippen molar-refractivity contribution in [1.82, 2.24) is 5.06 Å². The second-order valence-electron chi connectivity index (χ2n) is 9.37. The molecule has 0 spiro atoms. The van der Waals surface area contributed by atoms with E-state index < -0.39 is 39.1 Å². The molecular weight excluding hydrogens is 577 g/mol. The monoisotopic (exact) mass is 605 g/mol. The van der Waals surface area contributed by atoms with Gasteiger partial charge < -0.3 is 14.9 Å². The molecule has 2 N–H and O–H groups in total. The lowest BCUT2D eigenvalue weighted by atomic mass is 9.98. The van der Waals surface area contributed by atoms with Crippen molar-refractivity contribution in [3.05, 3.63) is 89.5 Å². The molecule has 3 aromatic carbocycles. The molecule has 4 rings (SSSR count). The van der Waals surface area contributed by atoms with Gasteiger partial charge in [-0.3, -0.25) is 9.05 Å². The number of nitriles is 2. The summed E-state index contributed by atoms with van der Waals surface area (Å²) in [4.78, 5) is 26.1. The fraction of sp³-hybridized carbons (Fsp3) is 0.267. The first kappa shape index (κ1) is 31.2. The predicted molar refractivity (Wildman–Crippen MR) is 151 cm³/mol. The zero-order valence-electron chi connectivity index (χ0n) is 22.9. The van der Waals surface area contributed by atoms with Crippen molar-refractivity contribution in [2.75, 3.05) is 19.8 Å². The normalized spacial score (nSPS) is 12.8. The van der Waals surface area contributed by atoms with E-state index in [4.69, 9.17) is 28.9 Å². The standard InChI is InChI=1S/C30H28N3O9P/c31-15-5-17-40-43(38,41-18-6-16-32)42-33(28(29(35)36)19-21-11-13-22(34)14-12-21)30(37)39-20-27-25-9-3-1-7-23(25)24-8-2-4-10-26(24)27/h1-4,7-14,27-28,34H,5-6,17-20H2,(H,35,36)/t28-/m0/s1. The molecule has 12 nitrogen and oxygen atoms in total. The minimum atomic E-state index is -4.73. The summed E-state index contributed by atoms with van der Waals surface area (Å²) in [6.45, 7) is -1.05. The van der Waals surface area contributed by atoms with Gasteiger partial charge in [-0.15, -0.1) is 0 Å². The number of phosphoric acid groups is 1. The topological polar surface area (TPSA) is 179 Å². The first-order valence-electron chi connectivity index (χ1n) is 13.2.